The lowest BCUT2D eigenvalue weighted by Crippen LogP contribution is -2.13. The third-order valence-electron chi connectivity index (χ3n) is 8.64. The van der Waals surface area contributed by atoms with Gasteiger partial charge in [0.2, 0.25) is 5.13 Å². The monoisotopic (exact) mass is 727 g/mol. The van der Waals surface area contributed by atoms with Gasteiger partial charge in [0.15, 0.2) is 5.82 Å². The molecule has 1 unspecified atom stereocenters. The number of hydrogen-bond donors (Lipinski definition) is 1. The maximum atomic E-state index is 12.9. The Morgan fingerprint density at radius 2 is 1.21 bits per heavy atom. The lowest BCUT2D eigenvalue weighted by Gasteiger charge is -2.15. The fourth-order valence-corrected chi connectivity index (χ4v) is 6.14. The molecule has 0 aliphatic rings. The Balaban J connectivity index is 1.07. The maximum absolute atomic E-state index is 12.9. The number of nitrogens with one attached hydrogen (secondary N) is 1. The van der Waals surface area contributed by atoms with E-state index >= 15 is 0 Å². The number of rotatable bonds is 10. The zero-order valence-electron chi connectivity index (χ0n) is 28.9. The van der Waals surface area contributed by atoms with E-state index < -0.39 is 11.7 Å². The van der Waals surface area contributed by atoms with Gasteiger partial charge in [-0.2, -0.15) is 27.6 Å². The highest BCUT2D eigenvalue weighted by atomic mass is 32.1. The number of nitrogens with zero attached hydrogens (tertiary/aromatic N) is 8. The summed E-state index contributed by atoms with van der Waals surface area (Å²) in [5.74, 6) is 0.280. The van der Waals surface area contributed by atoms with Gasteiger partial charge in [0, 0.05) is 50.4 Å². The normalized spacial score (nSPS) is 12.9. The van der Waals surface area contributed by atoms with Gasteiger partial charge in [-0.15, -0.1) is 25.6 Å². The van der Waals surface area contributed by atoms with Crippen molar-refractivity contribution >= 4 is 72.3 Å². The van der Waals surface area contributed by atoms with Crippen LogP contribution in [0, 0.1) is 6.92 Å². The highest BCUT2D eigenvalue weighted by Crippen LogP contribution is 2.38. The first kappa shape index (κ1) is 35.2. The van der Waals surface area contributed by atoms with Crippen molar-refractivity contribution in [1.29, 1.82) is 0 Å². The standard InChI is InChI=1S/C40H32F3N9S/c1-4-25(3)44-34-19-20-36(30-10-6-5-9-29(30)34)49-50-37-22-21-35(31-11-7-8-12-32(31)37)48-46-28-17-18-33(24(2)23-28)47-51-39-45-38(52-53-39)26-13-15-27(16-14-26)40(41,42)43/h5-23,25,44H,4H2,1-3H3/b48-46+,50-49+,51-47+. The molecule has 53 heavy (non-hydrogen) atoms. The van der Waals surface area contributed by atoms with Gasteiger partial charge in [-0.1, -0.05) is 67.6 Å². The summed E-state index contributed by atoms with van der Waals surface area (Å²) >= 11 is 1.00. The van der Waals surface area contributed by atoms with Crippen LogP contribution < -0.4 is 5.32 Å². The van der Waals surface area contributed by atoms with Crippen LogP contribution in [0.4, 0.5) is 52.4 Å². The van der Waals surface area contributed by atoms with Crippen LogP contribution in [0.25, 0.3) is 32.9 Å². The molecule has 0 fully saturated rings. The van der Waals surface area contributed by atoms with E-state index in [-0.39, 0.29) is 11.0 Å². The van der Waals surface area contributed by atoms with E-state index in [1.54, 1.807) is 12.1 Å². The smallest absolute Gasteiger partial charge is 0.382 e. The summed E-state index contributed by atoms with van der Waals surface area (Å²) in [4.78, 5) is 4.30. The van der Waals surface area contributed by atoms with E-state index in [0.717, 1.165) is 74.3 Å². The van der Waals surface area contributed by atoms with Gasteiger partial charge in [-0.25, -0.2) is 0 Å². The molecule has 0 saturated heterocycles. The number of benzene rings is 6. The van der Waals surface area contributed by atoms with Crippen LogP contribution >= 0.6 is 11.5 Å². The fourth-order valence-electron chi connectivity index (χ4n) is 5.62. The molecule has 1 atom stereocenters. The first-order chi connectivity index (χ1) is 25.7. The van der Waals surface area contributed by atoms with Crippen LogP contribution in [0.5, 0.6) is 0 Å². The molecule has 0 amide bonds. The summed E-state index contributed by atoms with van der Waals surface area (Å²) in [6, 6.07) is 34.4. The predicted octanol–water partition coefficient (Wildman–Crippen LogP) is 14.3. The van der Waals surface area contributed by atoms with E-state index in [0.29, 0.717) is 28.7 Å². The minimum atomic E-state index is -4.41. The number of anilines is 1. The van der Waals surface area contributed by atoms with Crippen LogP contribution in [-0.2, 0) is 6.18 Å². The molecule has 0 saturated carbocycles. The van der Waals surface area contributed by atoms with E-state index in [2.05, 4.69) is 77.4 Å². The highest BCUT2D eigenvalue weighted by Gasteiger charge is 2.30. The van der Waals surface area contributed by atoms with Crippen molar-refractivity contribution in [3.05, 3.63) is 126 Å². The van der Waals surface area contributed by atoms with Crippen LogP contribution in [0.2, 0.25) is 0 Å². The Morgan fingerprint density at radius 3 is 1.81 bits per heavy atom. The zero-order valence-corrected chi connectivity index (χ0v) is 29.7. The average Bonchev–Trinajstić information content (AvgIpc) is 3.65. The topological polar surface area (TPSA) is 112 Å². The SMILES string of the molecule is CCC(C)Nc1ccc(/N=N/c2ccc(/N=N/c3ccc(/N=N/c4nc(-c5ccc(C(F)(F)F)cc5)ns4)c(C)c3)c3ccccc23)c2ccccc12. The lowest BCUT2D eigenvalue weighted by atomic mass is 10.1. The molecular formula is C40H32F3N9S. The molecule has 0 spiro atoms. The van der Waals surface area contributed by atoms with Crippen molar-refractivity contribution in [2.45, 2.75) is 39.4 Å². The van der Waals surface area contributed by atoms with Crippen molar-refractivity contribution in [2.24, 2.45) is 30.7 Å². The van der Waals surface area contributed by atoms with Crippen LogP contribution in [0.3, 0.4) is 0 Å². The molecule has 6 aromatic carbocycles. The molecule has 1 heterocycles. The Kier molecular flexibility index (Phi) is 10.1. The second kappa shape index (κ2) is 15.2. The molecule has 264 valence electrons. The second-order valence-electron chi connectivity index (χ2n) is 12.3. The van der Waals surface area contributed by atoms with Crippen molar-refractivity contribution < 1.29 is 13.2 Å². The molecule has 7 aromatic rings. The van der Waals surface area contributed by atoms with Gasteiger partial charge >= 0.3 is 6.18 Å². The molecule has 9 nitrogen and oxygen atoms in total. The number of aromatic nitrogens is 2. The summed E-state index contributed by atoms with van der Waals surface area (Å²) in [7, 11) is 0. The fraction of sp³-hybridized carbons (Fsp3) is 0.150. The Hall–Kier alpha value is -6.21. The lowest BCUT2D eigenvalue weighted by molar-refractivity contribution is -0.137. The number of hydrogen-bond acceptors (Lipinski definition) is 10. The summed E-state index contributed by atoms with van der Waals surface area (Å²) in [6.45, 7) is 6.21. The summed E-state index contributed by atoms with van der Waals surface area (Å²) < 4.78 is 42.9. The number of fused-ring (bicyclic) bond motifs is 2. The Bertz CT molecular complexity index is 2510. The molecular weight excluding hydrogens is 696 g/mol. The largest absolute Gasteiger partial charge is 0.416 e. The van der Waals surface area contributed by atoms with Gasteiger partial charge in [0.25, 0.3) is 0 Å². The summed E-state index contributed by atoms with van der Waals surface area (Å²) in [6.07, 6.45) is -3.39. The quantitative estimate of drug-likeness (QED) is 0.142. The van der Waals surface area contributed by atoms with Gasteiger partial charge in [-0.3, -0.25) is 0 Å². The maximum Gasteiger partial charge on any atom is 0.416 e. The van der Waals surface area contributed by atoms with Crippen molar-refractivity contribution in [1.82, 2.24) is 9.36 Å². The van der Waals surface area contributed by atoms with Crippen LogP contribution in [-0.4, -0.2) is 15.4 Å². The van der Waals surface area contributed by atoms with Gasteiger partial charge in [-0.05, 0) is 80.4 Å². The molecule has 1 aromatic heterocycles. The average molecular weight is 728 g/mol. The molecule has 0 aliphatic carbocycles. The van der Waals surface area contributed by atoms with Crippen molar-refractivity contribution in [2.75, 3.05) is 5.32 Å². The number of alkyl halides is 3. The van der Waals surface area contributed by atoms with Crippen LogP contribution in [0.15, 0.2) is 146 Å². The van der Waals surface area contributed by atoms with E-state index in [4.69, 9.17) is 0 Å². The molecule has 0 aliphatic heterocycles. The Labute approximate surface area is 307 Å². The van der Waals surface area contributed by atoms with Gasteiger partial charge in [0.1, 0.15) is 0 Å². The first-order valence-corrected chi connectivity index (χ1v) is 17.6. The Morgan fingerprint density at radius 1 is 0.660 bits per heavy atom. The molecule has 7 rings (SSSR count). The summed E-state index contributed by atoms with van der Waals surface area (Å²) in [5, 5.41) is 34.7. The zero-order chi connectivity index (χ0) is 37.0. The highest BCUT2D eigenvalue weighted by molar-refractivity contribution is 7.09. The van der Waals surface area contributed by atoms with Gasteiger partial charge < -0.3 is 5.32 Å². The van der Waals surface area contributed by atoms with Gasteiger partial charge in [0.05, 0.1) is 34.0 Å². The first-order valence-electron chi connectivity index (χ1n) is 16.8. The minimum absolute atomic E-state index is 0.276. The minimum Gasteiger partial charge on any atom is -0.382 e. The van der Waals surface area contributed by atoms with E-state index in [1.807, 2.05) is 67.6 Å². The molecule has 0 bridgehead atoms. The third-order valence-corrected chi connectivity index (χ3v) is 9.24. The van der Waals surface area contributed by atoms with E-state index in [9.17, 15) is 13.2 Å². The number of halogens is 3. The third kappa shape index (κ3) is 8.00. The molecule has 0 radical (unpaired) electrons. The van der Waals surface area contributed by atoms with Crippen LogP contribution in [0.1, 0.15) is 31.4 Å². The number of aryl methyl sites for hydroxylation is 1. The van der Waals surface area contributed by atoms with Crippen molar-refractivity contribution in [3.63, 3.8) is 0 Å². The predicted molar refractivity (Wildman–Crippen MR) is 205 cm³/mol. The second-order valence-corrected chi connectivity index (χ2v) is 13.1. The van der Waals surface area contributed by atoms with Crippen molar-refractivity contribution in [3.8, 4) is 11.4 Å². The number of azo groups is 3. The van der Waals surface area contributed by atoms with E-state index in [1.165, 1.54) is 12.1 Å². The molecule has 13 heteroatoms. The molecule has 1 N–H and O–H groups in total. The summed E-state index contributed by atoms with van der Waals surface area (Å²) in [5.41, 5.74) is 5.04.